The van der Waals surface area contributed by atoms with Gasteiger partial charge in [-0.1, -0.05) is 55.5 Å². The number of ether oxygens (including phenoxy) is 1. The van der Waals surface area contributed by atoms with Crippen molar-refractivity contribution >= 4 is 11.8 Å². The molecule has 1 aliphatic heterocycles. The molecule has 3 unspecified atom stereocenters. The van der Waals surface area contributed by atoms with E-state index in [4.69, 9.17) is 4.74 Å². The minimum absolute atomic E-state index is 0.0425. The fourth-order valence-electron chi connectivity index (χ4n) is 6.05. The van der Waals surface area contributed by atoms with E-state index >= 15 is 0 Å². The minimum atomic E-state index is -0.0425. The van der Waals surface area contributed by atoms with E-state index in [9.17, 15) is 9.59 Å². The zero-order chi connectivity index (χ0) is 24.3. The van der Waals surface area contributed by atoms with Gasteiger partial charge in [0.05, 0.1) is 6.42 Å². The minimum Gasteiger partial charge on any atom is -0.490 e. The summed E-state index contributed by atoms with van der Waals surface area (Å²) < 4.78 is 6.20. The fourth-order valence-corrected chi connectivity index (χ4v) is 6.05. The van der Waals surface area contributed by atoms with E-state index in [2.05, 4.69) is 24.4 Å². The molecule has 184 valence electrons. The van der Waals surface area contributed by atoms with E-state index < -0.39 is 0 Å². The summed E-state index contributed by atoms with van der Waals surface area (Å²) in [4.78, 5) is 27.3. The third-order valence-corrected chi connectivity index (χ3v) is 8.17. The first kappa shape index (κ1) is 23.7. The van der Waals surface area contributed by atoms with Crippen LogP contribution in [0.1, 0.15) is 54.9 Å². The van der Waals surface area contributed by atoms with Gasteiger partial charge in [0, 0.05) is 38.0 Å². The van der Waals surface area contributed by atoms with Crippen LogP contribution in [0.25, 0.3) is 0 Å². The number of fused-ring (bicyclic) bond motifs is 2. The second kappa shape index (κ2) is 10.3. The van der Waals surface area contributed by atoms with Crippen molar-refractivity contribution < 1.29 is 14.3 Å². The van der Waals surface area contributed by atoms with Gasteiger partial charge in [-0.05, 0) is 60.3 Å². The molecule has 1 saturated carbocycles. The summed E-state index contributed by atoms with van der Waals surface area (Å²) in [6.07, 6.45) is 10.4. The number of benzene rings is 2. The van der Waals surface area contributed by atoms with Crippen molar-refractivity contribution in [1.82, 2.24) is 10.2 Å². The summed E-state index contributed by atoms with van der Waals surface area (Å²) in [6, 6.07) is 17.4. The first-order chi connectivity index (χ1) is 17.0. The van der Waals surface area contributed by atoms with Gasteiger partial charge in [-0.3, -0.25) is 9.59 Å². The Morgan fingerprint density at radius 2 is 1.86 bits per heavy atom. The highest BCUT2D eigenvalue weighted by Crippen LogP contribution is 2.53. The molecule has 2 amide bonds. The number of nitrogens with one attached hydrogen (secondary N) is 1. The predicted molar refractivity (Wildman–Crippen MR) is 137 cm³/mol. The van der Waals surface area contributed by atoms with Gasteiger partial charge >= 0.3 is 0 Å². The van der Waals surface area contributed by atoms with E-state index in [1.54, 1.807) is 0 Å². The van der Waals surface area contributed by atoms with Crippen molar-refractivity contribution in [3.05, 3.63) is 77.9 Å². The molecule has 3 aliphatic rings. The Balaban J connectivity index is 1.07. The Morgan fingerprint density at radius 3 is 2.57 bits per heavy atom. The number of hydrogen-bond acceptors (Lipinski definition) is 3. The molecule has 35 heavy (non-hydrogen) atoms. The van der Waals surface area contributed by atoms with E-state index in [1.165, 1.54) is 12.8 Å². The zero-order valence-corrected chi connectivity index (χ0v) is 20.6. The zero-order valence-electron chi connectivity index (χ0n) is 20.6. The highest BCUT2D eigenvalue weighted by molar-refractivity contribution is 5.94. The molecule has 0 aromatic heterocycles. The van der Waals surface area contributed by atoms with Gasteiger partial charge in [0.1, 0.15) is 11.9 Å². The number of rotatable bonds is 8. The SMILES string of the molecule is CC1(CCNC(=O)c2cccc(OC3CCN(C(=O)Cc4ccccc4)CC3)c2)CC2C=CC1C2. The van der Waals surface area contributed by atoms with Gasteiger partial charge in [0.25, 0.3) is 5.91 Å². The van der Waals surface area contributed by atoms with Crippen molar-refractivity contribution in [2.45, 2.75) is 51.6 Å². The summed E-state index contributed by atoms with van der Waals surface area (Å²) >= 11 is 0. The van der Waals surface area contributed by atoms with Crippen LogP contribution < -0.4 is 10.1 Å². The van der Waals surface area contributed by atoms with Crippen LogP contribution in [0.15, 0.2) is 66.7 Å². The number of allylic oxidation sites excluding steroid dienone is 2. The van der Waals surface area contributed by atoms with Gasteiger partial charge in [-0.2, -0.15) is 0 Å². The summed E-state index contributed by atoms with van der Waals surface area (Å²) in [5.74, 6) is 2.25. The van der Waals surface area contributed by atoms with Gasteiger partial charge in [0.2, 0.25) is 5.91 Å². The summed E-state index contributed by atoms with van der Waals surface area (Å²) in [5, 5.41) is 3.12. The highest BCUT2D eigenvalue weighted by Gasteiger charge is 2.44. The van der Waals surface area contributed by atoms with Crippen molar-refractivity contribution in [3.63, 3.8) is 0 Å². The lowest BCUT2D eigenvalue weighted by atomic mass is 9.75. The molecular weight excluding hydrogens is 436 g/mol. The van der Waals surface area contributed by atoms with Crippen LogP contribution >= 0.6 is 0 Å². The van der Waals surface area contributed by atoms with Crippen LogP contribution in [0.5, 0.6) is 5.75 Å². The molecule has 1 heterocycles. The van der Waals surface area contributed by atoms with E-state index in [0.29, 0.717) is 43.0 Å². The average Bonchev–Trinajstić information content (AvgIpc) is 3.46. The molecule has 2 aliphatic carbocycles. The molecule has 5 nitrogen and oxygen atoms in total. The normalized spacial score (nSPS) is 25.6. The Bertz CT molecular complexity index is 1070. The Morgan fingerprint density at radius 1 is 1.06 bits per heavy atom. The molecule has 2 aromatic rings. The molecule has 0 radical (unpaired) electrons. The maximum Gasteiger partial charge on any atom is 0.251 e. The van der Waals surface area contributed by atoms with Crippen LogP contribution in [0.2, 0.25) is 0 Å². The largest absolute Gasteiger partial charge is 0.490 e. The van der Waals surface area contributed by atoms with Crippen molar-refractivity contribution in [3.8, 4) is 5.75 Å². The first-order valence-electron chi connectivity index (χ1n) is 13.0. The summed E-state index contributed by atoms with van der Waals surface area (Å²) in [5.41, 5.74) is 2.00. The number of nitrogens with zero attached hydrogens (tertiary/aromatic N) is 1. The maximum atomic E-state index is 12.8. The summed E-state index contributed by atoms with van der Waals surface area (Å²) in [6.45, 7) is 4.47. The average molecular weight is 473 g/mol. The van der Waals surface area contributed by atoms with Gasteiger partial charge in [-0.15, -0.1) is 0 Å². The second-order valence-corrected chi connectivity index (χ2v) is 10.7. The summed E-state index contributed by atoms with van der Waals surface area (Å²) in [7, 11) is 0. The standard InChI is InChI=1S/C30H36N2O3/c1-30(21-23-10-11-25(30)18-23)14-15-31-29(34)24-8-5-9-27(20-24)35-26-12-16-32(17-13-26)28(33)19-22-6-3-2-4-7-22/h2-11,20,23,25-26H,12-19,21H2,1H3,(H,31,34). The molecule has 1 saturated heterocycles. The molecule has 5 heteroatoms. The van der Waals surface area contributed by atoms with Crippen LogP contribution in [0, 0.1) is 17.3 Å². The number of piperidine rings is 1. The quantitative estimate of drug-likeness (QED) is 0.549. The predicted octanol–water partition coefficient (Wildman–Crippen LogP) is 5.02. The Hall–Kier alpha value is -3.08. The molecular formula is C30H36N2O3. The smallest absolute Gasteiger partial charge is 0.251 e. The molecule has 5 rings (SSSR count). The molecule has 3 atom stereocenters. The number of hydrogen-bond donors (Lipinski definition) is 1. The Labute approximate surface area is 208 Å². The van der Waals surface area contributed by atoms with E-state index in [1.807, 2.05) is 59.5 Å². The van der Waals surface area contributed by atoms with Crippen LogP contribution in [0.3, 0.4) is 0 Å². The molecule has 1 N–H and O–H groups in total. The molecule has 0 spiro atoms. The lowest BCUT2D eigenvalue weighted by Gasteiger charge is -2.32. The lowest BCUT2D eigenvalue weighted by molar-refractivity contribution is -0.132. The second-order valence-electron chi connectivity index (χ2n) is 10.7. The van der Waals surface area contributed by atoms with Gasteiger partial charge in [0.15, 0.2) is 0 Å². The number of amides is 2. The topological polar surface area (TPSA) is 58.6 Å². The van der Waals surface area contributed by atoms with Crippen LogP contribution in [-0.2, 0) is 11.2 Å². The first-order valence-corrected chi connectivity index (χ1v) is 13.0. The number of carbonyl (C=O) groups excluding carboxylic acids is 2. The molecule has 2 fully saturated rings. The number of likely N-dealkylation sites (tertiary alicyclic amines) is 1. The maximum absolute atomic E-state index is 12.8. The van der Waals surface area contributed by atoms with E-state index in [0.717, 1.165) is 36.5 Å². The number of carbonyl (C=O) groups is 2. The lowest BCUT2D eigenvalue weighted by Crippen LogP contribution is -2.42. The molecule has 2 bridgehead atoms. The van der Waals surface area contributed by atoms with Crippen LogP contribution in [-0.4, -0.2) is 42.5 Å². The van der Waals surface area contributed by atoms with Crippen molar-refractivity contribution in [2.24, 2.45) is 17.3 Å². The van der Waals surface area contributed by atoms with Crippen molar-refractivity contribution in [1.29, 1.82) is 0 Å². The third-order valence-electron chi connectivity index (χ3n) is 8.17. The van der Waals surface area contributed by atoms with E-state index in [-0.39, 0.29) is 17.9 Å². The highest BCUT2D eigenvalue weighted by atomic mass is 16.5. The monoisotopic (exact) mass is 472 g/mol. The van der Waals surface area contributed by atoms with Gasteiger partial charge in [-0.25, -0.2) is 0 Å². The van der Waals surface area contributed by atoms with Crippen LogP contribution in [0.4, 0.5) is 0 Å². The van der Waals surface area contributed by atoms with Gasteiger partial charge < -0.3 is 15.0 Å². The molecule has 2 aromatic carbocycles. The third kappa shape index (κ3) is 5.61. The Kier molecular flexibility index (Phi) is 6.94. The fraction of sp³-hybridized carbons (Fsp3) is 0.467. The van der Waals surface area contributed by atoms with Crippen molar-refractivity contribution in [2.75, 3.05) is 19.6 Å².